The van der Waals surface area contributed by atoms with Crippen LogP contribution in [-0.2, 0) is 10.2 Å². The van der Waals surface area contributed by atoms with Crippen molar-refractivity contribution in [2.45, 2.75) is 26.2 Å². The summed E-state index contributed by atoms with van der Waals surface area (Å²) in [6.07, 6.45) is 0. The Labute approximate surface area is 222 Å². The molecule has 2 nitrogen and oxygen atoms in total. The minimum atomic E-state index is -0.444. The Bertz CT molecular complexity index is 1560. The van der Waals surface area contributed by atoms with Crippen LogP contribution < -0.4 is 0 Å². The first-order chi connectivity index (χ1) is 18.0. The summed E-state index contributed by atoms with van der Waals surface area (Å²) in [7, 11) is 0. The van der Waals surface area contributed by atoms with Crippen LogP contribution >= 0.6 is 11.3 Å². The third-order valence-electron chi connectivity index (χ3n) is 7.37. The molecular formula is C34H28O2S. The number of rotatable bonds is 5. The average Bonchev–Trinajstić information content (AvgIpc) is 3.47. The van der Waals surface area contributed by atoms with Crippen molar-refractivity contribution in [3.8, 4) is 20.9 Å². The predicted molar refractivity (Wildman–Crippen MR) is 152 cm³/mol. The normalized spacial score (nSPS) is 13.2. The number of carbonyl (C=O) groups excluding carboxylic acids is 1. The third kappa shape index (κ3) is 3.65. The molecule has 1 aliphatic rings. The van der Waals surface area contributed by atoms with Gasteiger partial charge in [0.25, 0.3) is 0 Å². The van der Waals surface area contributed by atoms with E-state index < -0.39 is 5.41 Å². The highest BCUT2D eigenvalue weighted by atomic mass is 32.1. The summed E-state index contributed by atoms with van der Waals surface area (Å²) in [5.74, 6) is -0.282. The van der Waals surface area contributed by atoms with E-state index >= 15 is 0 Å². The number of hydrogen-bond acceptors (Lipinski definition) is 3. The highest BCUT2D eigenvalue weighted by Crippen LogP contribution is 2.59. The maximum Gasteiger partial charge on any atom is 0.338 e. The van der Waals surface area contributed by atoms with Crippen LogP contribution in [0.3, 0.4) is 0 Å². The summed E-state index contributed by atoms with van der Waals surface area (Å²) in [5.41, 5.74) is 9.87. The smallest absolute Gasteiger partial charge is 0.338 e. The molecule has 0 unspecified atom stereocenters. The van der Waals surface area contributed by atoms with Crippen LogP contribution in [0.1, 0.15) is 50.7 Å². The van der Waals surface area contributed by atoms with Gasteiger partial charge >= 0.3 is 5.97 Å². The molecule has 37 heavy (non-hydrogen) atoms. The van der Waals surface area contributed by atoms with Crippen LogP contribution in [0.2, 0.25) is 0 Å². The van der Waals surface area contributed by atoms with E-state index in [1.54, 1.807) is 11.3 Å². The summed E-state index contributed by atoms with van der Waals surface area (Å²) < 4.78 is 5.39. The van der Waals surface area contributed by atoms with Crippen LogP contribution in [0, 0.1) is 13.8 Å². The molecule has 0 fully saturated rings. The molecule has 0 aliphatic heterocycles. The Hall–Kier alpha value is -3.95. The van der Waals surface area contributed by atoms with Gasteiger partial charge in [-0.1, -0.05) is 102 Å². The molecule has 4 aromatic carbocycles. The van der Waals surface area contributed by atoms with Crippen molar-refractivity contribution in [2.24, 2.45) is 0 Å². The SMILES string of the molecule is CCOC(=O)c1ccccc1-c1cc2c(s1)-c1ccccc1C2(c1ccc(C)cc1)c1ccc(C)cc1. The Morgan fingerprint density at radius 1 is 0.730 bits per heavy atom. The molecule has 0 saturated heterocycles. The van der Waals surface area contributed by atoms with E-state index in [1.165, 1.54) is 43.8 Å². The van der Waals surface area contributed by atoms with Gasteiger partial charge in [0.05, 0.1) is 17.6 Å². The Balaban J connectivity index is 1.66. The zero-order valence-corrected chi connectivity index (χ0v) is 22.1. The molecule has 1 aliphatic carbocycles. The van der Waals surface area contributed by atoms with Gasteiger partial charge in [0.2, 0.25) is 0 Å². The number of carbonyl (C=O) groups is 1. The second-order valence-electron chi connectivity index (χ2n) is 9.65. The van der Waals surface area contributed by atoms with Crippen LogP contribution in [0.25, 0.3) is 20.9 Å². The van der Waals surface area contributed by atoms with Crippen LogP contribution in [-0.4, -0.2) is 12.6 Å². The van der Waals surface area contributed by atoms with Gasteiger partial charge in [-0.05, 0) is 60.7 Å². The second kappa shape index (κ2) is 9.17. The standard InChI is InChI=1S/C34H28O2S/c1-4-36-33(35)27-10-6-5-9-26(27)31-21-30-32(37-31)28-11-7-8-12-29(28)34(30,24-17-13-22(2)14-18-24)25-19-15-23(3)16-20-25/h5-21H,4H2,1-3H3. The molecule has 0 N–H and O–H groups in total. The molecule has 0 amide bonds. The molecule has 0 radical (unpaired) electrons. The Morgan fingerprint density at radius 2 is 1.30 bits per heavy atom. The van der Waals surface area contributed by atoms with Gasteiger partial charge in [0, 0.05) is 15.3 Å². The summed E-state index contributed by atoms with van der Waals surface area (Å²) in [6, 6.07) is 36.7. The first kappa shape index (κ1) is 23.4. The fourth-order valence-corrected chi connectivity index (χ4v) is 6.93. The largest absolute Gasteiger partial charge is 0.462 e. The molecule has 6 rings (SSSR count). The fourth-order valence-electron chi connectivity index (χ4n) is 5.64. The van der Waals surface area contributed by atoms with Crippen LogP contribution in [0.15, 0.2) is 103 Å². The number of ether oxygens (including phenoxy) is 1. The van der Waals surface area contributed by atoms with E-state index in [1.807, 2.05) is 31.2 Å². The maximum absolute atomic E-state index is 12.8. The van der Waals surface area contributed by atoms with E-state index in [2.05, 4.69) is 92.7 Å². The van der Waals surface area contributed by atoms with E-state index in [-0.39, 0.29) is 5.97 Å². The average molecular weight is 501 g/mol. The van der Waals surface area contributed by atoms with Gasteiger partial charge in [-0.3, -0.25) is 0 Å². The number of esters is 1. The van der Waals surface area contributed by atoms with Gasteiger partial charge in [-0.15, -0.1) is 11.3 Å². The Morgan fingerprint density at radius 3 is 1.92 bits per heavy atom. The molecule has 182 valence electrons. The van der Waals surface area contributed by atoms with E-state index in [0.29, 0.717) is 12.2 Å². The van der Waals surface area contributed by atoms with Gasteiger partial charge in [-0.2, -0.15) is 0 Å². The minimum absolute atomic E-state index is 0.282. The van der Waals surface area contributed by atoms with Crippen molar-refractivity contribution in [1.29, 1.82) is 0 Å². The van der Waals surface area contributed by atoms with Crippen molar-refractivity contribution < 1.29 is 9.53 Å². The summed E-state index contributed by atoms with van der Waals surface area (Å²) in [4.78, 5) is 15.2. The van der Waals surface area contributed by atoms with Crippen molar-refractivity contribution in [1.82, 2.24) is 0 Å². The van der Waals surface area contributed by atoms with Gasteiger partial charge in [-0.25, -0.2) is 4.79 Å². The zero-order chi connectivity index (χ0) is 25.6. The van der Waals surface area contributed by atoms with E-state index in [9.17, 15) is 4.79 Å². The predicted octanol–water partition coefficient (Wildman–Crippen LogP) is 8.57. The molecule has 1 aromatic heterocycles. The van der Waals surface area contributed by atoms with Crippen molar-refractivity contribution >= 4 is 17.3 Å². The van der Waals surface area contributed by atoms with Gasteiger partial charge < -0.3 is 4.74 Å². The molecule has 0 bridgehead atoms. The third-order valence-corrected chi connectivity index (χ3v) is 8.57. The number of thiophene rings is 1. The summed E-state index contributed by atoms with van der Waals surface area (Å²) >= 11 is 1.76. The van der Waals surface area contributed by atoms with Gasteiger partial charge in [0.15, 0.2) is 0 Å². The first-order valence-corrected chi connectivity index (χ1v) is 13.5. The van der Waals surface area contributed by atoms with Crippen molar-refractivity contribution in [2.75, 3.05) is 6.61 Å². The lowest BCUT2D eigenvalue weighted by Crippen LogP contribution is -2.28. The zero-order valence-electron chi connectivity index (χ0n) is 21.2. The number of fused-ring (bicyclic) bond motifs is 3. The number of hydrogen-bond donors (Lipinski definition) is 0. The topological polar surface area (TPSA) is 26.3 Å². The molecule has 1 heterocycles. The lowest BCUT2D eigenvalue weighted by atomic mass is 9.68. The van der Waals surface area contributed by atoms with Crippen LogP contribution in [0.4, 0.5) is 0 Å². The minimum Gasteiger partial charge on any atom is -0.462 e. The molecule has 0 saturated carbocycles. The second-order valence-corrected chi connectivity index (χ2v) is 10.7. The number of benzene rings is 4. The summed E-state index contributed by atoms with van der Waals surface area (Å²) in [6.45, 7) is 6.46. The number of aryl methyl sites for hydroxylation is 2. The van der Waals surface area contributed by atoms with Crippen molar-refractivity contribution in [3.05, 3.63) is 142 Å². The molecule has 3 heteroatoms. The lowest BCUT2D eigenvalue weighted by Gasteiger charge is -2.33. The van der Waals surface area contributed by atoms with E-state index in [4.69, 9.17) is 4.74 Å². The quantitative estimate of drug-likeness (QED) is 0.222. The molecule has 0 spiro atoms. The lowest BCUT2D eigenvalue weighted by molar-refractivity contribution is 0.0527. The molecular weight excluding hydrogens is 472 g/mol. The van der Waals surface area contributed by atoms with Crippen molar-refractivity contribution in [3.63, 3.8) is 0 Å². The molecule has 0 atom stereocenters. The first-order valence-electron chi connectivity index (χ1n) is 12.7. The van der Waals surface area contributed by atoms with E-state index in [0.717, 1.165) is 10.4 Å². The molecule has 5 aromatic rings. The maximum atomic E-state index is 12.8. The highest BCUT2D eigenvalue weighted by molar-refractivity contribution is 7.19. The monoisotopic (exact) mass is 500 g/mol. The summed E-state index contributed by atoms with van der Waals surface area (Å²) in [5, 5.41) is 0. The van der Waals surface area contributed by atoms with Gasteiger partial charge in [0.1, 0.15) is 0 Å². The van der Waals surface area contributed by atoms with Crippen LogP contribution in [0.5, 0.6) is 0 Å². The Kier molecular flexibility index (Phi) is 5.81. The fraction of sp³-hybridized carbons (Fsp3) is 0.147. The highest BCUT2D eigenvalue weighted by Gasteiger charge is 2.47.